The van der Waals surface area contributed by atoms with Crippen molar-refractivity contribution in [2.24, 2.45) is 5.92 Å². The first-order valence-corrected chi connectivity index (χ1v) is 3.94. The van der Waals surface area contributed by atoms with E-state index in [1.54, 1.807) is 0 Å². The molecule has 1 aliphatic carbocycles. The van der Waals surface area contributed by atoms with Gasteiger partial charge in [-0.2, -0.15) is 0 Å². The third kappa shape index (κ3) is 2.52. The molecule has 0 saturated heterocycles. The second-order valence-corrected chi connectivity index (χ2v) is 3.25. The van der Waals surface area contributed by atoms with Gasteiger partial charge in [0.05, 0.1) is 12.2 Å². The van der Waals surface area contributed by atoms with Crippen LogP contribution in [-0.2, 0) is 0 Å². The largest absolute Gasteiger partial charge is 0.670 e. The molecule has 0 radical (unpaired) electrons. The molecule has 1 saturated carbocycles. The average molecular weight is 225 g/mol. The van der Waals surface area contributed by atoms with Crippen LogP contribution < -0.4 is 0 Å². The number of hydrogen-bond donors (Lipinski definition) is 4. The molecule has 0 heterocycles. The third-order valence-corrected chi connectivity index (χ3v) is 2.39. The van der Waals surface area contributed by atoms with E-state index in [4.69, 9.17) is 10.8 Å². The molecule has 6 heteroatoms. The van der Waals surface area contributed by atoms with Gasteiger partial charge in [0.1, 0.15) is 0 Å². The molecule has 0 spiro atoms. The van der Waals surface area contributed by atoms with Crippen LogP contribution in [0.15, 0.2) is 0 Å². The number of aliphatic hydroxyl groups excluding tert-OH is 4. The molecule has 1 fully saturated rings. The van der Waals surface area contributed by atoms with Crippen LogP contribution in [0.2, 0.25) is 0 Å². The standard InChI is InChI=1S/C7H14NO4.ClH.6H2/c8-5-4(10)1-3(2-9)6(11)7(5)12;;;;;;;/h3-12H,1-2H2;7*1H/q-1;;;;;;;/t3-,4-,5+,6-,7-;;;;;;;/m0......./s1. The summed E-state index contributed by atoms with van der Waals surface area (Å²) in [4.78, 5) is 0. The molecule has 92 valence electrons. The average Bonchev–Trinajstić information content (AvgIpc) is 2.08. The number of nitrogens with one attached hydrogen (secondary N) is 1. The van der Waals surface area contributed by atoms with Crippen molar-refractivity contribution >= 4 is 12.4 Å². The summed E-state index contributed by atoms with van der Waals surface area (Å²) in [6.07, 6.45) is -3.14. The van der Waals surface area contributed by atoms with Gasteiger partial charge in [-0.25, -0.2) is 0 Å². The van der Waals surface area contributed by atoms with E-state index in [2.05, 4.69) is 0 Å². The van der Waals surface area contributed by atoms with Crippen LogP contribution in [-0.4, -0.2) is 51.4 Å². The van der Waals surface area contributed by atoms with Gasteiger partial charge in [-0.15, -0.1) is 12.4 Å². The van der Waals surface area contributed by atoms with Gasteiger partial charge < -0.3 is 26.2 Å². The Labute approximate surface area is 91.5 Å². The molecule has 0 aromatic heterocycles. The minimum absolute atomic E-state index is 0. The first-order valence-electron chi connectivity index (χ1n) is 3.94. The highest BCUT2D eigenvalue weighted by Gasteiger charge is 2.36. The summed E-state index contributed by atoms with van der Waals surface area (Å²) >= 11 is 0. The Bertz CT molecular complexity index is 172. The normalized spacial score (nSPS) is 45.5. The molecule has 0 bridgehead atoms. The summed E-state index contributed by atoms with van der Waals surface area (Å²) in [5.41, 5.74) is 7.24. The first-order chi connectivity index (χ1) is 5.57. The van der Waals surface area contributed by atoms with Crippen molar-refractivity contribution in [3.05, 3.63) is 5.73 Å². The molecule has 0 unspecified atom stereocenters. The molecule has 0 amide bonds. The molecule has 1 rings (SSSR count). The van der Waals surface area contributed by atoms with E-state index in [-0.39, 0.29) is 34.0 Å². The molecule has 1 aliphatic rings. The Kier molecular flexibility index (Phi) is 5.13. The van der Waals surface area contributed by atoms with Crippen LogP contribution in [0, 0.1) is 5.92 Å². The number of aliphatic hydroxyl groups is 4. The Hall–Kier alpha value is 0.0900. The highest BCUT2D eigenvalue weighted by Crippen LogP contribution is 2.26. The second kappa shape index (κ2) is 5.09. The first kappa shape index (κ1) is 13.1. The van der Waals surface area contributed by atoms with Crippen LogP contribution >= 0.6 is 12.4 Å². The predicted molar refractivity (Wildman–Crippen MR) is 61.3 cm³/mol. The molecule has 0 aromatic carbocycles. The maximum absolute atomic E-state index is 9.28. The van der Waals surface area contributed by atoms with Crippen LogP contribution in [0.5, 0.6) is 0 Å². The maximum Gasteiger partial charge on any atom is 0.0836 e. The van der Waals surface area contributed by atoms with Gasteiger partial charge in [0.25, 0.3) is 0 Å². The molecule has 13 heavy (non-hydrogen) atoms. The van der Waals surface area contributed by atoms with E-state index in [9.17, 15) is 15.3 Å². The fourth-order valence-corrected chi connectivity index (χ4v) is 1.50. The summed E-state index contributed by atoms with van der Waals surface area (Å²) in [5.74, 6) is -0.517. The zero-order valence-corrected chi connectivity index (χ0v) is 7.81. The summed E-state index contributed by atoms with van der Waals surface area (Å²) in [6.45, 7) is -0.276. The van der Waals surface area contributed by atoms with Crippen molar-refractivity contribution in [1.82, 2.24) is 0 Å². The van der Waals surface area contributed by atoms with E-state index in [1.165, 1.54) is 0 Å². The van der Waals surface area contributed by atoms with Gasteiger partial charge in [0, 0.05) is 27.2 Å². The van der Waals surface area contributed by atoms with E-state index in [1.807, 2.05) is 0 Å². The van der Waals surface area contributed by atoms with Gasteiger partial charge in [0.2, 0.25) is 0 Å². The zero-order chi connectivity index (χ0) is 9.30. The second-order valence-electron chi connectivity index (χ2n) is 3.25. The zero-order valence-electron chi connectivity index (χ0n) is 7.00. The predicted octanol–water partition coefficient (Wildman–Crippen LogP) is 0.400. The van der Waals surface area contributed by atoms with Crippen molar-refractivity contribution < 1.29 is 29.0 Å². The monoisotopic (exact) mass is 224 g/mol. The van der Waals surface area contributed by atoms with E-state index in [0.29, 0.717) is 0 Å². The van der Waals surface area contributed by atoms with E-state index in [0.717, 1.165) is 0 Å². The fourth-order valence-electron chi connectivity index (χ4n) is 1.50. The van der Waals surface area contributed by atoms with Crippen molar-refractivity contribution in [2.45, 2.75) is 30.8 Å². The summed E-state index contributed by atoms with van der Waals surface area (Å²) in [7, 11) is 0. The number of rotatable bonds is 1. The molecular weight excluding hydrogens is 198 g/mol. The Morgan fingerprint density at radius 2 is 1.77 bits per heavy atom. The Balaban J connectivity index is -0.0000000411. The van der Waals surface area contributed by atoms with Crippen molar-refractivity contribution in [1.29, 1.82) is 0 Å². The lowest BCUT2D eigenvalue weighted by molar-refractivity contribution is -0.0980. The molecule has 5 N–H and O–H groups in total. The van der Waals surface area contributed by atoms with Crippen molar-refractivity contribution in [3.63, 3.8) is 0 Å². The van der Waals surface area contributed by atoms with Crippen molar-refractivity contribution in [3.8, 4) is 0 Å². The fraction of sp³-hybridized carbons (Fsp3) is 1.00. The summed E-state index contributed by atoms with van der Waals surface area (Å²) < 4.78 is 0. The number of hydrogen-bond acceptors (Lipinski definition) is 4. The summed E-state index contributed by atoms with van der Waals surface area (Å²) in [5, 5.41) is 36.4. The molecule has 5 nitrogen and oxygen atoms in total. The van der Waals surface area contributed by atoms with Crippen molar-refractivity contribution in [2.75, 3.05) is 6.61 Å². The molecular formula is C7H27ClNO4-. The Morgan fingerprint density at radius 1 is 1.23 bits per heavy atom. The van der Waals surface area contributed by atoms with Crippen LogP contribution in [0.4, 0.5) is 0 Å². The molecule has 0 aromatic rings. The van der Waals surface area contributed by atoms with Gasteiger partial charge >= 0.3 is 0 Å². The maximum atomic E-state index is 9.28. The lowest BCUT2D eigenvalue weighted by atomic mass is 9.80. The van der Waals surface area contributed by atoms with Crippen LogP contribution in [0.3, 0.4) is 0 Å². The smallest absolute Gasteiger partial charge is 0.0836 e. The van der Waals surface area contributed by atoms with Gasteiger partial charge in [-0.05, 0) is 6.42 Å². The quantitative estimate of drug-likeness (QED) is 0.518. The van der Waals surface area contributed by atoms with Crippen LogP contribution in [0.25, 0.3) is 5.73 Å². The van der Waals surface area contributed by atoms with E-state index >= 15 is 0 Å². The highest BCUT2D eigenvalue weighted by atomic mass is 35.5. The van der Waals surface area contributed by atoms with Gasteiger partial charge in [-0.3, -0.25) is 0 Å². The highest BCUT2D eigenvalue weighted by molar-refractivity contribution is 5.85. The van der Waals surface area contributed by atoms with Gasteiger partial charge in [0.15, 0.2) is 0 Å². The molecule has 5 atom stereocenters. The Morgan fingerprint density at radius 3 is 2.23 bits per heavy atom. The minimum atomic E-state index is -1.26. The van der Waals surface area contributed by atoms with Crippen LogP contribution in [0.1, 0.15) is 15.0 Å². The SMILES string of the molecule is Cl.[HH].[HH].[HH].[HH].[HH].[HH].[NH-][C@H]1[C@H](O)[C@@H](O)[C@H](CO)C[C@@H]1O. The van der Waals surface area contributed by atoms with Gasteiger partial charge in [-0.1, -0.05) is 6.04 Å². The topological polar surface area (TPSA) is 105 Å². The van der Waals surface area contributed by atoms with E-state index < -0.39 is 30.3 Å². The number of halogens is 1. The lowest BCUT2D eigenvalue weighted by Crippen LogP contribution is -2.52. The lowest BCUT2D eigenvalue weighted by Gasteiger charge is -2.43. The minimum Gasteiger partial charge on any atom is -0.670 e. The summed E-state index contributed by atoms with van der Waals surface area (Å²) in [6, 6.07) is -1.07. The molecule has 0 aliphatic heterocycles. The third-order valence-electron chi connectivity index (χ3n) is 2.39.